The molecule has 0 amide bonds. The zero-order valence-corrected chi connectivity index (χ0v) is 14.0. The van der Waals surface area contributed by atoms with Crippen molar-refractivity contribution in [3.05, 3.63) is 30.0 Å². The summed E-state index contributed by atoms with van der Waals surface area (Å²) < 4.78 is 38.0. The molecule has 1 aromatic carbocycles. The maximum atomic E-state index is 13.4. The standard InChI is InChI=1S/C18H21F2N3O2/c19-14-7-16-17(8-15(14)20)22-18(9-21-16)23-4-1-13(2-5-23)25-11-12-3-6-24-10-12/h7-9,12-13H,1-6,10-11H2. The first-order valence-corrected chi connectivity index (χ1v) is 8.75. The van der Waals surface area contributed by atoms with Crippen LogP contribution in [-0.2, 0) is 9.47 Å². The molecule has 1 atom stereocenters. The van der Waals surface area contributed by atoms with Crippen molar-refractivity contribution in [2.75, 3.05) is 37.8 Å². The molecular formula is C18H21F2N3O2. The summed E-state index contributed by atoms with van der Waals surface area (Å²) in [5, 5.41) is 0. The highest BCUT2D eigenvalue weighted by Crippen LogP contribution is 2.23. The molecule has 134 valence electrons. The third-order valence-electron chi connectivity index (χ3n) is 4.93. The fraction of sp³-hybridized carbons (Fsp3) is 0.556. The van der Waals surface area contributed by atoms with Crippen LogP contribution < -0.4 is 4.90 Å². The van der Waals surface area contributed by atoms with Gasteiger partial charge in [-0.3, -0.25) is 4.98 Å². The van der Waals surface area contributed by atoms with Crippen LogP contribution in [0.5, 0.6) is 0 Å². The summed E-state index contributed by atoms with van der Waals surface area (Å²) in [6.07, 6.45) is 4.81. The number of benzene rings is 1. The van der Waals surface area contributed by atoms with Crippen molar-refractivity contribution < 1.29 is 18.3 Å². The van der Waals surface area contributed by atoms with Crippen molar-refractivity contribution in [1.29, 1.82) is 0 Å². The maximum absolute atomic E-state index is 13.4. The van der Waals surface area contributed by atoms with Crippen molar-refractivity contribution in [1.82, 2.24) is 9.97 Å². The summed E-state index contributed by atoms with van der Waals surface area (Å²) in [5.41, 5.74) is 0.732. The summed E-state index contributed by atoms with van der Waals surface area (Å²) in [6, 6.07) is 2.18. The molecule has 0 radical (unpaired) electrons. The lowest BCUT2D eigenvalue weighted by Gasteiger charge is -2.33. The second kappa shape index (κ2) is 7.17. The molecule has 2 aromatic rings. The summed E-state index contributed by atoms with van der Waals surface area (Å²) in [6.45, 7) is 4.05. The normalized spacial score (nSPS) is 22.0. The van der Waals surface area contributed by atoms with E-state index in [0.29, 0.717) is 22.8 Å². The van der Waals surface area contributed by atoms with E-state index in [1.165, 1.54) is 0 Å². The Balaban J connectivity index is 1.37. The first kappa shape index (κ1) is 16.6. The molecule has 1 unspecified atom stereocenters. The Bertz CT molecular complexity index is 744. The Kier molecular flexibility index (Phi) is 4.76. The van der Waals surface area contributed by atoms with Crippen molar-refractivity contribution in [3.63, 3.8) is 0 Å². The third-order valence-corrected chi connectivity index (χ3v) is 4.93. The zero-order valence-electron chi connectivity index (χ0n) is 14.0. The summed E-state index contributed by atoms with van der Waals surface area (Å²) in [4.78, 5) is 10.8. The lowest BCUT2D eigenvalue weighted by molar-refractivity contribution is 0.0131. The second-order valence-corrected chi connectivity index (χ2v) is 6.73. The van der Waals surface area contributed by atoms with Crippen LogP contribution in [0.15, 0.2) is 18.3 Å². The van der Waals surface area contributed by atoms with Gasteiger partial charge in [-0.2, -0.15) is 0 Å². The molecule has 0 saturated carbocycles. The van der Waals surface area contributed by atoms with Crippen LogP contribution in [0.2, 0.25) is 0 Å². The minimum atomic E-state index is -0.903. The van der Waals surface area contributed by atoms with Crippen LogP contribution >= 0.6 is 0 Å². The summed E-state index contributed by atoms with van der Waals surface area (Å²) in [5.74, 6) is -0.581. The lowest BCUT2D eigenvalue weighted by atomic mass is 10.1. The molecule has 3 heterocycles. The van der Waals surface area contributed by atoms with Gasteiger partial charge in [-0.05, 0) is 19.3 Å². The zero-order chi connectivity index (χ0) is 17.2. The van der Waals surface area contributed by atoms with E-state index >= 15 is 0 Å². The highest BCUT2D eigenvalue weighted by atomic mass is 19.2. The van der Waals surface area contributed by atoms with Gasteiger partial charge in [0.05, 0.1) is 36.5 Å². The molecule has 4 rings (SSSR count). The topological polar surface area (TPSA) is 47.5 Å². The smallest absolute Gasteiger partial charge is 0.161 e. The number of nitrogens with zero attached hydrogens (tertiary/aromatic N) is 3. The number of rotatable bonds is 4. The first-order valence-electron chi connectivity index (χ1n) is 8.75. The third kappa shape index (κ3) is 3.72. The van der Waals surface area contributed by atoms with Gasteiger partial charge in [-0.25, -0.2) is 13.8 Å². The average molecular weight is 349 g/mol. The molecule has 2 aliphatic rings. The van der Waals surface area contributed by atoms with Gasteiger partial charge in [0.15, 0.2) is 11.6 Å². The van der Waals surface area contributed by atoms with E-state index in [-0.39, 0.29) is 6.10 Å². The van der Waals surface area contributed by atoms with Crippen LogP contribution in [-0.4, -0.2) is 49.0 Å². The molecule has 1 aromatic heterocycles. The lowest BCUT2D eigenvalue weighted by Crippen LogP contribution is -2.38. The fourth-order valence-electron chi connectivity index (χ4n) is 3.39. The van der Waals surface area contributed by atoms with Gasteiger partial charge in [0.2, 0.25) is 0 Å². The van der Waals surface area contributed by atoms with E-state index in [1.54, 1.807) is 6.20 Å². The Hall–Kier alpha value is -1.86. The van der Waals surface area contributed by atoms with Gasteiger partial charge in [0, 0.05) is 37.7 Å². The molecule has 0 N–H and O–H groups in total. The quantitative estimate of drug-likeness (QED) is 0.849. The van der Waals surface area contributed by atoms with E-state index in [1.807, 2.05) is 0 Å². The number of hydrogen-bond donors (Lipinski definition) is 0. The van der Waals surface area contributed by atoms with Crippen LogP contribution in [0.25, 0.3) is 11.0 Å². The molecule has 2 fully saturated rings. The van der Waals surface area contributed by atoms with Gasteiger partial charge in [-0.15, -0.1) is 0 Å². The highest BCUT2D eigenvalue weighted by Gasteiger charge is 2.23. The van der Waals surface area contributed by atoms with E-state index in [2.05, 4.69) is 14.9 Å². The van der Waals surface area contributed by atoms with Crippen molar-refractivity contribution >= 4 is 16.9 Å². The number of piperidine rings is 1. The molecule has 5 nitrogen and oxygen atoms in total. The van der Waals surface area contributed by atoms with E-state index in [9.17, 15) is 8.78 Å². The number of halogens is 2. The number of ether oxygens (including phenoxy) is 2. The van der Waals surface area contributed by atoms with Crippen molar-refractivity contribution in [2.24, 2.45) is 5.92 Å². The maximum Gasteiger partial charge on any atom is 0.161 e. The summed E-state index contributed by atoms with van der Waals surface area (Å²) in [7, 11) is 0. The van der Waals surface area contributed by atoms with E-state index < -0.39 is 11.6 Å². The predicted molar refractivity (Wildman–Crippen MR) is 89.6 cm³/mol. The number of fused-ring (bicyclic) bond motifs is 1. The van der Waals surface area contributed by atoms with Crippen LogP contribution in [0, 0.1) is 17.6 Å². The molecule has 0 aliphatic carbocycles. The molecule has 2 saturated heterocycles. The number of hydrogen-bond acceptors (Lipinski definition) is 5. The highest BCUT2D eigenvalue weighted by molar-refractivity contribution is 5.75. The van der Waals surface area contributed by atoms with Crippen molar-refractivity contribution in [2.45, 2.75) is 25.4 Å². The first-order chi connectivity index (χ1) is 12.2. The van der Waals surface area contributed by atoms with E-state index in [4.69, 9.17) is 9.47 Å². The van der Waals surface area contributed by atoms with Gasteiger partial charge < -0.3 is 14.4 Å². The Morgan fingerprint density at radius 1 is 1.12 bits per heavy atom. The SMILES string of the molecule is Fc1cc2ncc(N3CCC(OCC4CCOC4)CC3)nc2cc1F. The minimum absolute atomic E-state index is 0.261. The average Bonchev–Trinajstić information content (AvgIpc) is 3.15. The van der Waals surface area contributed by atoms with Crippen molar-refractivity contribution in [3.8, 4) is 0 Å². The Labute approximate surface area is 145 Å². The van der Waals surface area contributed by atoms with Crippen LogP contribution in [0.4, 0.5) is 14.6 Å². The number of aromatic nitrogens is 2. The number of anilines is 1. The molecule has 0 bridgehead atoms. The van der Waals surface area contributed by atoms with Gasteiger partial charge >= 0.3 is 0 Å². The molecule has 7 heteroatoms. The Morgan fingerprint density at radius 2 is 1.88 bits per heavy atom. The van der Waals surface area contributed by atoms with Gasteiger partial charge in [-0.1, -0.05) is 0 Å². The monoisotopic (exact) mass is 349 g/mol. The predicted octanol–water partition coefficient (Wildman–Crippen LogP) is 2.93. The van der Waals surface area contributed by atoms with Crippen LogP contribution in [0.3, 0.4) is 0 Å². The molecule has 25 heavy (non-hydrogen) atoms. The van der Waals surface area contributed by atoms with Gasteiger partial charge in [0.1, 0.15) is 5.82 Å². The molecule has 2 aliphatic heterocycles. The second-order valence-electron chi connectivity index (χ2n) is 6.73. The minimum Gasteiger partial charge on any atom is -0.381 e. The molecular weight excluding hydrogens is 328 g/mol. The largest absolute Gasteiger partial charge is 0.381 e. The molecule has 0 spiro atoms. The van der Waals surface area contributed by atoms with E-state index in [0.717, 1.165) is 64.3 Å². The fourth-order valence-corrected chi connectivity index (χ4v) is 3.39. The van der Waals surface area contributed by atoms with Gasteiger partial charge in [0.25, 0.3) is 0 Å². The Morgan fingerprint density at radius 3 is 2.60 bits per heavy atom. The van der Waals surface area contributed by atoms with Crippen LogP contribution in [0.1, 0.15) is 19.3 Å². The summed E-state index contributed by atoms with van der Waals surface area (Å²) >= 11 is 0.